The smallest absolute Gasteiger partial charge is 0.316 e. The minimum Gasteiger partial charge on any atom is -0.462 e. The van der Waals surface area contributed by atoms with Crippen LogP contribution in [-0.2, 0) is 52.2 Å². The summed E-state index contributed by atoms with van der Waals surface area (Å²) in [5.74, 6) is -2.55. The van der Waals surface area contributed by atoms with E-state index in [4.69, 9.17) is 47.4 Å². The van der Waals surface area contributed by atoms with Crippen molar-refractivity contribution in [1.29, 1.82) is 0 Å². The lowest BCUT2D eigenvalue weighted by molar-refractivity contribution is -0.309. The molecule has 62 heavy (non-hydrogen) atoms. The summed E-state index contributed by atoms with van der Waals surface area (Å²) in [7, 11) is 3.42. The molecule has 1 unspecified atom stereocenters. The van der Waals surface area contributed by atoms with Crippen molar-refractivity contribution in [3.8, 4) is 0 Å². The predicted molar refractivity (Wildman–Crippen MR) is 234 cm³/mol. The Morgan fingerprint density at radius 2 is 1.60 bits per heavy atom. The molecule has 348 valence electrons. The predicted octanol–water partition coefficient (Wildman–Crippen LogP) is 6.36. The number of hydrogen-bond donors (Lipinski definition) is 2. The second-order valence-electron chi connectivity index (χ2n) is 19.0. The molecule has 0 amide bonds. The number of ether oxygens (including phenoxy) is 10. The molecule has 0 saturated carbocycles. The molecule has 19 atom stereocenters. The molecule has 2 bridgehead atoms. The number of thioether (sulfide) groups is 1. The first-order valence-corrected chi connectivity index (χ1v) is 24.0. The molecule has 6 heterocycles. The van der Waals surface area contributed by atoms with E-state index in [2.05, 4.69) is 60.0 Å². The van der Waals surface area contributed by atoms with Gasteiger partial charge in [-0.15, -0.1) is 0 Å². The topological polar surface area (TPSA) is 150 Å². The third-order valence-electron chi connectivity index (χ3n) is 14.2. The summed E-state index contributed by atoms with van der Waals surface area (Å²) in [5.41, 5.74) is 0.185. The van der Waals surface area contributed by atoms with Gasteiger partial charge in [0, 0.05) is 51.7 Å². The molecule has 1 spiro atoms. The van der Waals surface area contributed by atoms with Gasteiger partial charge >= 0.3 is 5.97 Å². The number of fused-ring (bicyclic) bond motifs is 2. The number of aliphatic hydroxyl groups excluding tert-OH is 1. The van der Waals surface area contributed by atoms with Crippen molar-refractivity contribution in [2.45, 2.75) is 184 Å². The molecular formula is C48H72O13S. The lowest BCUT2D eigenvalue weighted by Gasteiger charge is -2.48. The molecule has 4 saturated heterocycles. The lowest BCUT2D eigenvalue weighted by Crippen LogP contribution is -2.58. The Morgan fingerprint density at radius 3 is 2.31 bits per heavy atom. The number of methoxy groups -OCH3 is 2. The molecule has 7 aliphatic rings. The largest absolute Gasteiger partial charge is 0.462 e. The van der Waals surface area contributed by atoms with Gasteiger partial charge in [-0.2, -0.15) is 11.8 Å². The Labute approximate surface area is 372 Å². The monoisotopic (exact) mass is 888 g/mol. The number of allylic oxidation sites excluding steroid dienone is 2. The second kappa shape index (κ2) is 19.9. The van der Waals surface area contributed by atoms with Crippen molar-refractivity contribution in [3.63, 3.8) is 0 Å². The van der Waals surface area contributed by atoms with E-state index in [1.165, 1.54) is 0 Å². The third kappa shape index (κ3) is 9.78. The summed E-state index contributed by atoms with van der Waals surface area (Å²) in [5, 5.41) is 23.9. The third-order valence-corrected chi connectivity index (χ3v) is 15.4. The molecular weight excluding hydrogens is 817 g/mol. The maximum absolute atomic E-state index is 14.3. The highest BCUT2D eigenvalue weighted by Gasteiger charge is 2.60. The van der Waals surface area contributed by atoms with E-state index in [0.717, 1.165) is 5.57 Å². The Morgan fingerprint density at radius 1 is 0.887 bits per heavy atom. The van der Waals surface area contributed by atoms with E-state index in [-0.39, 0.29) is 66.2 Å². The van der Waals surface area contributed by atoms with Crippen LogP contribution >= 0.6 is 11.8 Å². The molecule has 0 aromatic rings. The van der Waals surface area contributed by atoms with Crippen molar-refractivity contribution >= 4 is 17.7 Å². The fourth-order valence-electron chi connectivity index (χ4n) is 10.8. The van der Waals surface area contributed by atoms with Crippen LogP contribution in [0.3, 0.4) is 0 Å². The van der Waals surface area contributed by atoms with E-state index >= 15 is 0 Å². The molecule has 14 heteroatoms. The Balaban J connectivity index is 1.17. The summed E-state index contributed by atoms with van der Waals surface area (Å²) in [6.07, 6.45) is 12.1. The molecule has 0 radical (unpaired) electrons. The second-order valence-corrected chi connectivity index (χ2v) is 20.0. The molecule has 7 rings (SSSR count). The quantitative estimate of drug-likeness (QED) is 0.206. The van der Waals surface area contributed by atoms with Crippen LogP contribution in [-0.4, -0.2) is 140 Å². The van der Waals surface area contributed by atoms with Crippen molar-refractivity contribution in [3.05, 3.63) is 59.3 Å². The SMILES string of the molecule is CO[C@H]1C[C@H](O[C@@H]2/C(C)=C/C[C@@H]3C[C@@H](C[C@]4(C=C[C@H](C)C(C(C)C)O4)O3)OC(=O)[C@@H]3C=C(C)[C@@H](O)[C@H]4OC/C(=C\C=C\[C@@H]2C)[C@]43O)O[C@@H](C)[C@@H]1O[C@H]1C[C@H](OC)[C@@H](SC)[C@H](C)O1. The Kier molecular flexibility index (Phi) is 15.4. The van der Waals surface area contributed by atoms with Gasteiger partial charge in [0.1, 0.15) is 35.9 Å². The summed E-state index contributed by atoms with van der Waals surface area (Å²) < 4.78 is 64.5. The number of carbonyl (C=O) groups is 1. The normalized spacial score (nSPS) is 48.7. The first kappa shape index (κ1) is 48.0. The molecule has 6 aliphatic heterocycles. The maximum Gasteiger partial charge on any atom is 0.316 e. The number of aliphatic hydroxyl groups is 2. The number of carbonyl (C=O) groups excluding carboxylic acids is 1. The van der Waals surface area contributed by atoms with Gasteiger partial charge in [0.2, 0.25) is 0 Å². The molecule has 2 N–H and O–H groups in total. The van der Waals surface area contributed by atoms with Gasteiger partial charge in [-0.25, -0.2) is 0 Å². The first-order chi connectivity index (χ1) is 29.5. The number of hydrogen-bond acceptors (Lipinski definition) is 14. The van der Waals surface area contributed by atoms with Crippen molar-refractivity contribution < 1.29 is 62.4 Å². The van der Waals surface area contributed by atoms with E-state index in [0.29, 0.717) is 43.3 Å². The van der Waals surface area contributed by atoms with Crippen molar-refractivity contribution in [2.75, 3.05) is 27.1 Å². The minimum atomic E-state index is -1.82. The van der Waals surface area contributed by atoms with Gasteiger partial charge in [-0.3, -0.25) is 4.79 Å². The van der Waals surface area contributed by atoms with Crippen LogP contribution in [0.2, 0.25) is 0 Å². The van der Waals surface area contributed by atoms with Crippen molar-refractivity contribution in [1.82, 2.24) is 0 Å². The highest BCUT2D eigenvalue weighted by atomic mass is 32.2. The molecule has 1 aliphatic carbocycles. The number of esters is 1. The van der Waals surface area contributed by atoms with E-state index < -0.39 is 66.4 Å². The average Bonchev–Trinajstić information content (AvgIpc) is 3.57. The summed E-state index contributed by atoms with van der Waals surface area (Å²) in [6.45, 7) is 16.4. The lowest BCUT2D eigenvalue weighted by atomic mass is 9.71. The van der Waals surface area contributed by atoms with Crippen LogP contribution in [0.5, 0.6) is 0 Å². The zero-order valence-corrected chi connectivity index (χ0v) is 39.3. The molecule has 4 fully saturated rings. The van der Waals surface area contributed by atoms with Gasteiger partial charge in [0.15, 0.2) is 18.4 Å². The van der Waals surface area contributed by atoms with E-state index in [1.54, 1.807) is 45.1 Å². The first-order valence-electron chi connectivity index (χ1n) is 22.7. The zero-order valence-electron chi connectivity index (χ0n) is 38.5. The molecule has 13 nitrogen and oxygen atoms in total. The maximum atomic E-state index is 14.3. The van der Waals surface area contributed by atoms with Gasteiger partial charge in [-0.05, 0) is 69.1 Å². The summed E-state index contributed by atoms with van der Waals surface area (Å²) >= 11 is 1.74. The zero-order chi connectivity index (χ0) is 44.7. The van der Waals surface area contributed by atoms with Gasteiger partial charge in [-0.1, -0.05) is 64.2 Å². The van der Waals surface area contributed by atoms with Gasteiger partial charge in [0.25, 0.3) is 0 Å². The van der Waals surface area contributed by atoms with Crippen LogP contribution < -0.4 is 0 Å². The fourth-order valence-corrected chi connectivity index (χ4v) is 11.7. The van der Waals surface area contributed by atoms with Gasteiger partial charge < -0.3 is 57.6 Å². The average molecular weight is 889 g/mol. The van der Waals surface area contributed by atoms with Crippen LogP contribution in [0.4, 0.5) is 0 Å². The highest BCUT2D eigenvalue weighted by molar-refractivity contribution is 7.99. The van der Waals surface area contributed by atoms with Crippen LogP contribution in [0, 0.1) is 23.7 Å². The Hall–Kier alpha value is -1.92. The minimum absolute atomic E-state index is 0.000742. The Bertz CT molecular complexity index is 1730. The molecule has 0 aromatic carbocycles. The standard InChI is InChI=1S/C48H72O13S/c1-25(2)41-28(5)17-18-47(61-41)23-34-20-33(60-47)16-15-27(4)42(26(3)13-12-14-32-24-54-45-40(49)29(6)19-35(46(50)57-34)48(32,45)51)58-38-21-36(52-9)43(30(7)55-38)59-39-22-37(53-10)44(62-11)31(8)56-39/h12-15,17-19,25-26,28,30-31,33-45,49,51H,16,20-24H2,1-11H3/b13-12+,27-15+,32-14+/t26-,28-,30-,31-,33+,34-,35-,36-,37-,38-,39-,40+,41?,42-,43-,44-,45+,47+,48+/m0/s1. The van der Waals surface area contributed by atoms with Gasteiger partial charge in [0.05, 0.1) is 54.6 Å². The van der Waals surface area contributed by atoms with Crippen LogP contribution in [0.1, 0.15) is 87.5 Å². The summed E-state index contributed by atoms with van der Waals surface area (Å²) in [4.78, 5) is 14.3. The summed E-state index contributed by atoms with van der Waals surface area (Å²) in [6, 6.07) is 0. The van der Waals surface area contributed by atoms with E-state index in [1.807, 2.05) is 25.2 Å². The van der Waals surface area contributed by atoms with Crippen LogP contribution in [0.15, 0.2) is 59.3 Å². The van der Waals surface area contributed by atoms with E-state index in [9.17, 15) is 15.0 Å². The number of rotatable bonds is 8. The van der Waals surface area contributed by atoms with Crippen molar-refractivity contribution in [2.24, 2.45) is 23.7 Å². The van der Waals surface area contributed by atoms with Crippen LogP contribution in [0.25, 0.3) is 0 Å². The fraction of sp³-hybridized carbons (Fsp3) is 0.771. The highest BCUT2D eigenvalue weighted by Crippen LogP contribution is 2.47. The molecule has 0 aromatic heterocycles.